The molecule has 3 aromatic rings. The van der Waals surface area contributed by atoms with Crippen LogP contribution < -0.4 is 15.9 Å². The van der Waals surface area contributed by atoms with Crippen molar-refractivity contribution in [3.8, 4) is 5.75 Å². The van der Waals surface area contributed by atoms with E-state index in [1.165, 1.54) is 22.0 Å². The molecule has 152 valence electrons. The van der Waals surface area contributed by atoms with Gasteiger partial charge in [0.25, 0.3) is 0 Å². The van der Waals surface area contributed by atoms with Crippen molar-refractivity contribution in [2.45, 2.75) is 32.3 Å². The predicted octanol–water partition coefficient (Wildman–Crippen LogP) is 3.25. The third-order valence-corrected chi connectivity index (χ3v) is 5.47. The van der Waals surface area contributed by atoms with E-state index in [1.54, 1.807) is 7.11 Å². The fourth-order valence-electron chi connectivity index (χ4n) is 3.13. The molecule has 0 spiro atoms. The molecule has 0 saturated carbocycles. The van der Waals surface area contributed by atoms with E-state index in [9.17, 15) is 4.79 Å². The van der Waals surface area contributed by atoms with Crippen molar-refractivity contribution in [3.63, 3.8) is 0 Å². The van der Waals surface area contributed by atoms with Gasteiger partial charge in [-0.3, -0.25) is 4.79 Å². The number of hydrogen-bond acceptors (Lipinski definition) is 6. The number of aryl methyl sites for hydroxylation is 3. The number of aromatic nitrogens is 3. The lowest BCUT2D eigenvalue weighted by molar-refractivity contribution is -0.113. The largest absolute Gasteiger partial charge is 0.497 e. The Balaban J connectivity index is 1.60. The predicted molar refractivity (Wildman–Crippen MR) is 116 cm³/mol. The summed E-state index contributed by atoms with van der Waals surface area (Å²) in [6.45, 7) is 6.02. The van der Waals surface area contributed by atoms with Crippen LogP contribution in [0.1, 0.15) is 28.1 Å². The molecule has 0 aliphatic rings. The fraction of sp³-hybridized carbons (Fsp3) is 0.286. The molecule has 0 radical (unpaired) electrons. The number of nitrogens with zero attached hydrogens (tertiary/aromatic N) is 3. The molecule has 8 heteroatoms. The van der Waals surface area contributed by atoms with Crippen LogP contribution in [0.4, 0.5) is 5.69 Å². The summed E-state index contributed by atoms with van der Waals surface area (Å²) in [6.07, 6.45) is 0.544. The molecule has 29 heavy (non-hydrogen) atoms. The third kappa shape index (κ3) is 5.08. The minimum Gasteiger partial charge on any atom is -0.497 e. The van der Waals surface area contributed by atoms with Crippen molar-refractivity contribution in [3.05, 3.63) is 64.5 Å². The van der Waals surface area contributed by atoms with Crippen molar-refractivity contribution < 1.29 is 9.53 Å². The minimum atomic E-state index is -0.107. The summed E-state index contributed by atoms with van der Waals surface area (Å²) in [5.74, 6) is 7.64. The molecule has 0 aliphatic carbocycles. The number of nitrogen functional groups attached to an aromatic ring is 1. The summed E-state index contributed by atoms with van der Waals surface area (Å²) in [5.41, 5.74) is 5.17. The van der Waals surface area contributed by atoms with Gasteiger partial charge in [0.15, 0.2) is 5.82 Å². The number of benzene rings is 2. The van der Waals surface area contributed by atoms with Crippen LogP contribution in [0.15, 0.2) is 41.6 Å². The van der Waals surface area contributed by atoms with Gasteiger partial charge in [-0.15, -0.1) is 10.2 Å². The van der Waals surface area contributed by atoms with E-state index in [-0.39, 0.29) is 11.7 Å². The van der Waals surface area contributed by atoms with Crippen LogP contribution in [0.2, 0.25) is 0 Å². The van der Waals surface area contributed by atoms with Crippen molar-refractivity contribution in [2.75, 3.05) is 24.0 Å². The normalized spacial score (nSPS) is 10.8. The maximum Gasteiger partial charge on any atom is 0.234 e. The molecule has 1 aromatic heterocycles. The topological polar surface area (TPSA) is 95.1 Å². The Kier molecular flexibility index (Phi) is 6.43. The molecule has 0 unspecified atom stereocenters. The molecular weight excluding hydrogens is 386 g/mol. The first-order chi connectivity index (χ1) is 13.9. The number of nitrogens with one attached hydrogen (secondary N) is 1. The highest BCUT2D eigenvalue weighted by Crippen LogP contribution is 2.23. The number of carbonyl (C=O) groups excluding carboxylic acids is 1. The lowest BCUT2D eigenvalue weighted by atomic mass is 10.1. The zero-order valence-electron chi connectivity index (χ0n) is 17.0. The summed E-state index contributed by atoms with van der Waals surface area (Å²) in [4.78, 5) is 12.4. The lowest BCUT2D eigenvalue weighted by Crippen LogP contribution is -2.18. The number of hydrogen-bond donors (Lipinski definition) is 2. The molecule has 0 fully saturated rings. The van der Waals surface area contributed by atoms with E-state index in [1.807, 2.05) is 45.0 Å². The Labute approximate surface area is 174 Å². The second-order valence-corrected chi connectivity index (χ2v) is 7.85. The molecule has 0 bridgehead atoms. The highest BCUT2D eigenvalue weighted by Gasteiger charge is 2.14. The first-order valence-electron chi connectivity index (χ1n) is 9.20. The molecule has 1 heterocycles. The van der Waals surface area contributed by atoms with Crippen LogP contribution >= 0.6 is 11.8 Å². The Morgan fingerprint density at radius 1 is 1.14 bits per heavy atom. The summed E-state index contributed by atoms with van der Waals surface area (Å²) in [5, 5.41) is 11.8. The Morgan fingerprint density at radius 3 is 2.41 bits per heavy atom. The lowest BCUT2D eigenvalue weighted by Gasteiger charge is -2.12. The molecule has 2 aromatic carbocycles. The number of methoxy groups -OCH3 is 1. The highest BCUT2D eigenvalue weighted by molar-refractivity contribution is 7.99. The maximum atomic E-state index is 12.4. The second kappa shape index (κ2) is 9.00. The number of amides is 1. The number of anilines is 1. The van der Waals surface area contributed by atoms with E-state index >= 15 is 0 Å². The molecule has 0 saturated heterocycles. The number of ether oxygens (including phenoxy) is 1. The van der Waals surface area contributed by atoms with E-state index in [4.69, 9.17) is 10.6 Å². The van der Waals surface area contributed by atoms with Crippen LogP contribution in [0.5, 0.6) is 5.75 Å². The van der Waals surface area contributed by atoms with Gasteiger partial charge in [0.2, 0.25) is 11.1 Å². The summed E-state index contributed by atoms with van der Waals surface area (Å²) in [6, 6.07) is 11.8. The van der Waals surface area contributed by atoms with Crippen LogP contribution in [0.25, 0.3) is 0 Å². The standard InChI is InChI=1S/C21H25N5O2S/c1-13-9-14(2)20(15(3)10-13)23-19(27)12-29-21-25-24-18(26(21)22)11-16-5-7-17(28-4)8-6-16/h5-10H,11-12,22H2,1-4H3,(H,23,27). The van der Waals surface area contributed by atoms with Crippen molar-refractivity contribution in [1.82, 2.24) is 14.9 Å². The van der Waals surface area contributed by atoms with Gasteiger partial charge in [0, 0.05) is 12.1 Å². The summed E-state index contributed by atoms with van der Waals surface area (Å²) >= 11 is 1.26. The first kappa shape index (κ1) is 20.7. The van der Waals surface area contributed by atoms with Gasteiger partial charge in [-0.05, 0) is 49.6 Å². The zero-order valence-corrected chi connectivity index (χ0v) is 17.8. The molecular formula is C21H25N5O2S. The van der Waals surface area contributed by atoms with Crippen LogP contribution in [0, 0.1) is 20.8 Å². The first-order valence-corrected chi connectivity index (χ1v) is 10.2. The third-order valence-electron chi connectivity index (χ3n) is 4.53. The number of nitrogens with two attached hydrogens (primary N) is 1. The van der Waals surface area contributed by atoms with Crippen molar-refractivity contribution in [2.24, 2.45) is 0 Å². The van der Waals surface area contributed by atoms with Crippen molar-refractivity contribution >= 4 is 23.4 Å². The maximum absolute atomic E-state index is 12.4. The van der Waals surface area contributed by atoms with Gasteiger partial charge in [0.1, 0.15) is 5.75 Å². The average Bonchev–Trinajstić information content (AvgIpc) is 3.03. The van der Waals surface area contributed by atoms with E-state index in [0.29, 0.717) is 17.4 Å². The molecule has 0 aliphatic heterocycles. The average molecular weight is 412 g/mol. The fourth-order valence-corrected chi connectivity index (χ4v) is 3.81. The monoisotopic (exact) mass is 411 g/mol. The summed E-state index contributed by atoms with van der Waals surface area (Å²) in [7, 11) is 1.63. The summed E-state index contributed by atoms with van der Waals surface area (Å²) < 4.78 is 6.60. The number of thioether (sulfide) groups is 1. The second-order valence-electron chi connectivity index (χ2n) is 6.90. The molecule has 1 amide bonds. The van der Waals surface area contributed by atoms with Crippen LogP contribution in [-0.2, 0) is 11.2 Å². The SMILES string of the molecule is COc1ccc(Cc2nnc(SCC(=O)Nc3c(C)cc(C)cc3C)n2N)cc1. The quantitative estimate of drug-likeness (QED) is 0.458. The van der Waals surface area contributed by atoms with Crippen LogP contribution in [-0.4, -0.2) is 33.6 Å². The van der Waals surface area contributed by atoms with E-state index in [2.05, 4.69) is 27.6 Å². The van der Waals surface area contributed by atoms with Gasteiger partial charge >= 0.3 is 0 Å². The minimum absolute atomic E-state index is 0.107. The number of carbonyl (C=O) groups is 1. The van der Waals surface area contributed by atoms with Gasteiger partial charge in [-0.1, -0.05) is 41.6 Å². The van der Waals surface area contributed by atoms with Crippen LogP contribution in [0.3, 0.4) is 0 Å². The Morgan fingerprint density at radius 2 is 1.79 bits per heavy atom. The zero-order chi connectivity index (χ0) is 21.0. The van der Waals surface area contributed by atoms with Gasteiger partial charge in [0.05, 0.1) is 12.9 Å². The number of rotatable bonds is 7. The smallest absolute Gasteiger partial charge is 0.234 e. The molecule has 3 rings (SSSR count). The molecule has 3 N–H and O–H groups in total. The van der Waals surface area contributed by atoms with Crippen molar-refractivity contribution in [1.29, 1.82) is 0 Å². The van der Waals surface area contributed by atoms with Gasteiger partial charge in [-0.25, -0.2) is 4.68 Å². The molecule has 0 atom stereocenters. The van der Waals surface area contributed by atoms with E-state index < -0.39 is 0 Å². The Bertz CT molecular complexity index is 991. The Hall–Kier alpha value is -3.00. The molecule has 7 nitrogen and oxygen atoms in total. The van der Waals surface area contributed by atoms with Gasteiger partial charge in [-0.2, -0.15) is 0 Å². The van der Waals surface area contributed by atoms with E-state index in [0.717, 1.165) is 28.1 Å². The van der Waals surface area contributed by atoms with Gasteiger partial charge < -0.3 is 15.9 Å². The highest BCUT2D eigenvalue weighted by atomic mass is 32.2.